The van der Waals surface area contributed by atoms with Gasteiger partial charge >= 0.3 is 5.97 Å². The van der Waals surface area contributed by atoms with E-state index in [0.29, 0.717) is 18.8 Å². The summed E-state index contributed by atoms with van der Waals surface area (Å²) in [7, 11) is 0. The maximum absolute atomic E-state index is 12.8. The molecule has 0 saturated carbocycles. The zero-order chi connectivity index (χ0) is 21.0. The molecule has 0 aromatic heterocycles. The predicted octanol–water partition coefficient (Wildman–Crippen LogP) is 4.62. The molecule has 29 heavy (non-hydrogen) atoms. The molecule has 3 rings (SSSR count). The fourth-order valence-electron chi connectivity index (χ4n) is 2.95. The Hall–Kier alpha value is -2.80. The Labute approximate surface area is 173 Å². The number of hydrogen-bond donors (Lipinski definition) is 0. The van der Waals surface area contributed by atoms with Crippen LogP contribution in [0.25, 0.3) is 16.8 Å². The van der Waals surface area contributed by atoms with Gasteiger partial charge in [-0.15, -0.1) is 0 Å². The lowest BCUT2D eigenvalue weighted by atomic mass is 10.0. The van der Waals surface area contributed by atoms with Crippen molar-refractivity contribution in [1.82, 2.24) is 4.90 Å². The molecule has 1 heterocycles. The molecular formula is C22H23NO5S. The molecule has 0 aliphatic carbocycles. The highest BCUT2D eigenvalue weighted by Crippen LogP contribution is 2.36. The van der Waals surface area contributed by atoms with Crippen molar-refractivity contribution in [2.24, 2.45) is 0 Å². The molecule has 0 unspecified atom stereocenters. The van der Waals surface area contributed by atoms with E-state index < -0.39 is 17.1 Å². The lowest BCUT2D eigenvalue weighted by molar-refractivity contribution is -0.150. The van der Waals surface area contributed by atoms with E-state index >= 15 is 0 Å². The van der Waals surface area contributed by atoms with Crippen molar-refractivity contribution in [2.75, 3.05) is 13.2 Å². The Morgan fingerprint density at radius 1 is 1.17 bits per heavy atom. The molecule has 0 bridgehead atoms. The number of thioether (sulfide) groups is 1. The van der Waals surface area contributed by atoms with Gasteiger partial charge in [0.05, 0.1) is 17.6 Å². The number of carbonyl (C=O) groups is 3. The largest absolute Gasteiger partial charge is 0.493 e. The minimum absolute atomic E-state index is 0.253. The van der Waals surface area contributed by atoms with E-state index in [1.807, 2.05) is 50.2 Å². The van der Waals surface area contributed by atoms with Gasteiger partial charge in [0.15, 0.2) is 0 Å². The van der Waals surface area contributed by atoms with Crippen molar-refractivity contribution in [1.29, 1.82) is 0 Å². The zero-order valence-corrected chi connectivity index (χ0v) is 17.5. The normalized spacial score (nSPS) is 16.5. The first-order valence-corrected chi connectivity index (χ1v) is 10.4. The number of amides is 2. The van der Waals surface area contributed by atoms with Crippen LogP contribution in [-0.2, 0) is 14.3 Å². The van der Waals surface area contributed by atoms with Gasteiger partial charge in [-0.3, -0.25) is 19.3 Å². The van der Waals surface area contributed by atoms with Crippen LogP contribution in [-0.4, -0.2) is 41.3 Å². The summed E-state index contributed by atoms with van der Waals surface area (Å²) in [5.41, 5.74) is 0.734. The first-order chi connectivity index (χ1) is 13.9. The molecule has 0 N–H and O–H groups in total. The van der Waals surface area contributed by atoms with Crippen molar-refractivity contribution in [3.8, 4) is 5.75 Å². The summed E-state index contributed by atoms with van der Waals surface area (Å²) in [6, 6.07) is 11.6. The molecule has 2 aromatic rings. The molecule has 1 atom stereocenters. The molecule has 1 fully saturated rings. The summed E-state index contributed by atoms with van der Waals surface area (Å²) in [5, 5.41) is 1.43. The molecule has 1 saturated heterocycles. The highest BCUT2D eigenvalue weighted by Gasteiger charge is 2.37. The van der Waals surface area contributed by atoms with Gasteiger partial charge in [0.1, 0.15) is 12.3 Å². The monoisotopic (exact) mass is 413 g/mol. The van der Waals surface area contributed by atoms with Gasteiger partial charge in [0.25, 0.3) is 11.1 Å². The fourth-order valence-corrected chi connectivity index (χ4v) is 3.77. The summed E-state index contributed by atoms with van der Waals surface area (Å²) in [5.74, 6) is -0.464. The van der Waals surface area contributed by atoms with Crippen LogP contribution in [0.4, 0.5) is 4.79 Å². The quantitative estimate of drug-likeness (QED) is 0.487. The third-order valence-corrected chi connectivity index (χ3v) is 5.48. The van der Waals surface area contributed by atoms with E-state index in [-0.39, 0.29) is 17.6 Å². The van der Waals surface area contributed by atoms with Crippen LogP contribution in [0.1, 0.15) is 32.8 Å². The fraction of sp³-hybridized carbons (Fsp3) is 0.318. The van der Waals surface area contributed by atoms with Gasteiger partial charge in [-0.25, -0.2) is 0 Å². The molecule has 1 aliphatic heterocycles. The van der Waals surface area contributed by atoms with E-state index in [0.717, 1.165) is 33.0 Å². The molecule has 152 valence electrons. The van der Waals surface area contributed by atoms with Gasteiger partial charge in [-0.05, 0) is 54.9 Å². The molecule has 2 aromatic carbocycles. The number of hydrogen-bond acceptors (Lipinski definition) is 6. The number of imide groups is 1. The molecular weight excluding hydrogens is 390 g/mol. The van der Waals surface area contributed by atoms with Crippen molar-refractivity contribution >= 4 is 45.7 Å². The number of esters is 1. The van der Waals surface area contributed by atoms with Crippen LogP contribution in [0.5, 0.6) is 5.75 Å². The average molecular weight is 413 g/mol. The Morgan fingerprint density at radius 2 is 1.93 bits per heavy atom. The Morgan fingerprint density at radius 3 is 2.66 bits per heavy atom. The topological polar surface area (TPSA) is 72.9 Å². The van der Waals surface area contributed by atoms with Gasteiger partial charge in [-0.1, -0.05) is 37.3 Å². The minimum Gasteiger partial charge on any atom is -0.493 e. The van der Waals surface area contributed by atoms with Crippen LogP contribution in [0.15, 0.2) is 41.3 Å². The third-order valence-electron chi connectivity index (χ3n) is 4.57. The zero-order valence-electron chi connectivity index (χ0n) is 16.6. The predicted molar refractivity (Wildman–Crippen MR) is 114 cm³/mol. The van der Waals surface area contributed by atoms with Gasteiger partial charge in [0.2, 0.25) is 0 Å². The van der Waals surface area contributed by atoms with Crippen LogP contribution >= 0.6 is 11.8 Å². The highest BCUT2D eigenvalue weighted by atomic mass is 32.2. The van der Waals surface area contributed by atoms with Gasteiger partial charge in [-0.2, -0.15) is 0 Å². The SMILES string of the molecule is CCOc1ccc2ccccc2c1/C=C1/SC(=O)N(CC(=O)O[C@@H](C)CC)C1=O. The van der Waals surface area contributed by atoms with Crippen LogP contribution in [0.2, 0.25) is 0 Å². The number of ether oxygens (including phenoxy) is 2. The summed E-state index contributed by atoms with van der Waals surface area (Å²) >= 11 is 0.814. The second-order valence-electron chi connectivity index (χ2n) is 6.61. The van der Waals surface area contributed by atoms with E-state index in [1.165, 1.54) is 0 Å². The molecule has 0 radical (unpaired) electrons. The first kappa shape index (κ1) is 20.9. The third kappa shape index (κ3) is 4.62. The smallest absolute Gasteiger partial charge is 0.326 e. The average Bonchev–Trinajstić information content (AvgIpc) is 2.97. The molecule has 2 amide bonds. The lowest BCUT2D eigenvalue weighted by Crippen LogP contribution is -2.35. The second-order valence-corrected chi connectivity index (χ2v) is 7.60. The maximum atomic E-state index is 12.8. The highest BCUT2D eigenvalue weighted by molar-refractivity contribution is 8.18. The van der Waals surface area contributed by atoms with E-state index in [2.05, 4.69) is 0 Å². The second kappa shape index (κ2) is 9.13. The summed E-state index contributed by atoms with van der Waals surface area (Å²) < 4.78 is 10.9. The van der Waals surface area contributed by atoms with E-state index in [1.54, 1.807) is 13.0 Å². The van der Waals surface area contributed by atoms with E-state index in [9.17, 15) is 14.4 Å². The van der Waals surface area contributed by atoms with Gasteiger partial charge in [0, 0.05) is 5.56 Å². The van der Waals surface area contributed by atoms with Crippen molar-refractivity contribution < 1.29 is 23.9 Å². The summed E-state index contributed by atoms with van der Waals surface area (Å²) in [6.45, 7) is 5.63. The molecule has 0 spiro atoms. The summed E-state index contributed by atoms with van der Waals surface area (Å²) in [6.07, 6.45) is 2.06. The minimum atomic E-state index is -0.594. The van der Waals surface area contributed by atoms with Crippen LogP contribution in [0, 0.1) is 0 Å². The lowest BCUT2D eigenvalue weighted by Gasteiger charge is -2.15. The van der Waals surface area contributed by atoms with Crippen molar-refractivity contribution in [3.63, 3.8) is 0 Å². The van der Waals surface area contributed by atoms with Gasteiger partial charge < -0.3 is 9.47 Å². The van der Waals surface area contributed by atoms with Crippen LogP contribution < -0.4 is 4.74 Å². The number of rotatable bonds is 7. The number of benzene rings is 2. The number of nitrogens with zero attached hydrogens (tertiary/aromatic N) is 1. The summed E-state index contributed by atoms with van der Waals surface area (Å²) in [4.78, 5) is 38.3. The Bertz CT molecular complexity index is 984. The Balaban J connectivity index is 1.91. The standard InChI is InChI=1S/C22H23NO5S/c1-4-14(3)28-20(24)13-23-21(25)19(29-22(23)26)12-17-16-9-7-6-8-15(16)10-11-18(17)27-5-2/h6-12,14H,4-5,13H2,1-3H3/b19-12+/t14-/m0/s1. The molecule has 6 nitrogen and oxygen atoms in total. The molecule has 7 heteroatoms. The van der Waals surface area contributed by atoms with Crippen molar-refractivity contribution in [2.45, 2.75) is 33.3 Å². The molecule has 1 aliphatic rings. The van der Waals surface area contributed by atoms with Crippen LogP contribution in [0.3, 0.4) is 0 Å². The van der Waals surface area contributed by atoms with E-state index in [4.69, 9.17) is 9.47 Å². The van der Waals surface area contributed by atoms with Crippen molar-refractivity contribution in [3.05, 3.63) is 46.9 Å². The maximum Gasteiger partial charge on any atom is 0.326 e. The Kier molecular flexibility index (Phi) is 6.59. The number of carbonyl (C=O) groups excluding carboxylic acids is 3. The first-order valence-electron chi connectivity index (χ1n) is 9.54. The number of fused-ring (bicyclic) bond motifs is 1.